The largest absolute Gasteiger partial charge is 0.497 e. The third-order valence-electron chi connectivity index (χ3n) is 7.62. The van der Waals surface area contributed by atoms with E-state index in [0.29, 0.717) is 29.0 Å². The van der Waals surface area contributed by atoms with Crippen LogP contribution in [0.25, 0.3) is 5.57 Å². The van der Waals surface area contributed by atoms with Crippen molar-refractivity contribution in [2.24, 2.45) is 10.5 Å². The summed E-state index contributed by atoms with van der Waals surface area (Å²) in [5.41, 5.74) is 2.56. The predicted octanol–water partition coefficient (Wildman–Crippen LogP) is 6.20. The summed E-state index contributed by atoms with van der Waals surface area (Å²) in [5.74, 6) is -0.176. The number of halogens is 1. The van der Waals surface area contributed by atoms with E-state index >= 15 is 0 Å². The lowest BCUT2D eigenvalue weighted by atomic mass is 9.61. The van der Waals surface area contributed by atoms with Gasteiger partial charge in [0.25, 0.3) is 5.91 Å². The fraction of sp³-hybridized carbons (Fsp3) is 0.152. The van der Waals surface area contributed by atoms with Gasteiger partial charge in [-0.1, -0.05) is 78.9 Å². The molecular weight excluding hydrogens is 491 g/mol. The number of benzene rings is 4. The van der Waals surface area contributed by atoms with Crippen molar-refractivity contribution >= 4 is 22.9 Å². The Morgan fingerprint density at radius 3 is 2.15 bits per heavy atom. The molecule has 194 valence electrons. The van der Waals surface area contributed by atoms with Gasteiger partial charge in [-0.25, -0.2) is 4.39 Å². The first kappa shape index (κ1) is 24.8. The second-order valence-corrected chi connectivity index (χ2v) is 9.79. The van der Waals surface area contributed by atoms with E-state index < -0.39 is 11.5 Å². The predicted molar refractivity (Wildman–Crippen MR) is 150 cm³/mol. The lowest BCUT2D eigenvalue weighted by Gasteiger charge is -2.41. The van der Waals surface area contributed by atoms with Gasteiger partial charge in [0, 0.05) is 5.92 Å². The fourth-order valence-corrected chi connectivity index (χ4v) is 5.70. The van der Waals surface area contributed by atoms with E-state index in [0.717, 1.165) is 16.9 Å². The summed E-state index contributed by atoms with van der Waals surface area (Å²) in [5, 5.41) is 18.3. The highest BCUT2D eigenvalue weighted by Crippen LogP contribution is 2.53. The van der Waals surface area contributed by atoms with Crippen LogP contribution in [0.1, 0.15) is 29.0 Å². The molecule has 0 bridgehead atoms. The lowest BCUT2D eigenvalue weighted by molar-refractivity contribution is -0.125. The number of aliphatic hydroxyl groups excluding tert-OH is 1. The third kappa shape index (κ3) is 4.14. The topological polar surface area (TPSA) is 62.1 Å². The number of hydrogen-bond acceptors (Lipinski definition) is 4. The van der Waals surface area contributed by atoms with Crippen LogP contribution in [0.3, 0.4) is 0 Å². The van der Waals surface area contributed by atoms with E-state index in [1.165, 1.54) is 17.1 Å². The van der Waals surface area contributed by atoms with E-state index in [1.807, 2.05) is 91.0 Å². The number of carbonyl (C=O) groups excluding carboxylic acids is 1. The van der Waals surface area contributed by atoms with Gasteiger partial charge in [-0.05, 0) is 65.1 Å². The minimum atomic E-state index is -1.49. The highest BCUT2D eigenvalue weighted by molar-refractivity contribution is 6.32. The molecule has 4 aromatic rings. The van der Waals surface area contributed by atoms with Gasteiger partial charge in [0.2, 0.25) is 0 Å². The second kappa shape index (κ2) is 9.97. The van der Waals surface area contributed by atoms with Crippen LogP contribution in [0.15, 0.2) is 120 Å². The van der Waals surface area contributed by atoms with Crippen molar-refractivity contribution < 1.29 is 19.0 Å². The summed E-state index contributed by atoms with van der Waals surface area (Å²) in [7, 11) is 1.62. The third-order valence-corrected chi connectivity index (χ3v) is 7.62. The van der Waals surface area contributed by atoms with Crippen molar-refractivity contribution in [3.05, 3.63) is 138 Å². The monoisotopic (exact) mass is 518 g/mol. The van der Waals surface area contributed by atoms with Gasteiger partial charge >= 0.3 is 0 Å². The van der Waals surface area contributed by atoms with Gasteiger partial charge in [0.05, 0.1) is 24.6 Å². The molecule has 5 nitrogen and oxygen atoms in total. The van der Waals surface area contributed by atoms with Crippen LogP contribution in [-0.2, 0) is 4.79 Å². The molecule has 6 rings (SSSR count). The minimum Gasteiger partial charge on any atom is -0.497 e. The number of methoxy groups -OCH3 is 1. The molecule has 39 heavy (non-hydrogen) atoms. The number of ether oxygens (including phenoxy) is 1. The van der Waals surface area contributed by atoms with Crippen molar-refractivity contribution in [3.8, 4) is 5.75 Å². The Kier molecular flexibility index (Phi) is 6.33. The maximum Gasteiger partial charge on any atom is 0.266 e. The van der Waals surface area contributed by atoms with Gasteiger partial charge in [-0.3, -0.25) is 4.79 Å². The van der Waals surface area contributed by atoms with Crippen molar-refractivity contribution in [2.45, 2.75) is 18.4 Å². The van der Waals surface area contributed by atoms with E-state index in [-0.39, 0.29) is 17.6 Å². The average Bonchev–Trinajstić information content (AvgIpc) is 3.29. The molecule has 0 radical (unpaired) electrons. The molecule has 1 heterocycles. The highest BCUT2D eigenvalue weighted by atomic mass is 19.1. The van der Waals surface area contributed by atoms with Crippen molar-refractivity contribution in [2.75, 3.05) is 12.1 Å². The molecule has 2 aliphatic rings. The smallest absolute Gasteiger partial charge is 0.266 e. The summed E-state index contributed by atoms with van der Waals surface area (Å²) in [6.07, 6.45) is 1.24. The fourth-order valence-electron chi connectivity index (χ4n) is 5.70. The SMILES string of the molecule is COc1ccc([C@H]2C=C(c3ccc(F)cc3)[C@@]3(C(=O)N(c4ccccc4)N=C3c3ccccc3)[C@@H](O)C2)cc1. The normalized spacial score (nSPS) is 22.5. The zero-order valence-corrected chi connectivity index (χ0v) is 21.4. The molecule has 1 amide bonds. The number of nitrogens with zero attached hydrogens (tertiary/aromatic N) is 2. The number of hydrazone groups is 1. The van der Waals surface area contributed by atoms with Crippen LogP contribution in [0.4, 0.5) is 10.1 Å². The molecule has 0 saturated carbocycles. The first-order chi connectivity index (χ1) is 19.0. The molecule has 0 fully saturated rings. The quantitative estimate of drug-likeness (QED) is 0.342. The van der Waals surface area contributed by atoms with Crippen LogP contribution in [-0.4, -0.2) is 29.9 Å². The lowest BCUT2D eigenvalue weighted by Crippen LogP contribution is -2.52. The maximum atomic E-state index is 14.6. The Labute approximate surface area is 226 Å². The molecule has 1 aliphatic carbocycles. The Bertz CT molecular complexity index is 1550. The summed E-state index contributed by atoms with van der Waals surface area (Å²) < 4.78 is 19.4. The van der Waals surface area contributed by atoms with Crippen LogP contribution in [0, 0.1) is 11.2 Å². The number of hydrogen-bond donors (Lipinski definition) is 1. The zero-order chi connectivity index (χ0) is 27.0. The van der Waals surface area contributed by atoms with Gasteiger partial charge in [0.15, 0.2) is 0 Å². The Morgan fingerprint density at radius 2 is 1.51 bits per heavy atom. The van der Waals surface area contributed by atoms with E-state index in [1.54, 1.807) is 19.2 Å². The Balaban J connectivity index is 1.59. The van der Waals surface area contributed by atoms with Crippen LogP contribution in [0.2, 0.25) is 0 Å². The van der Waals surface area contributed by atoms with Crippen LogP contribution >= 0.6 is 0 Å². The number of carbonyl (C=O) groups is 1. The number of allylic oxidation sites excluding steroid dienone is 1. The van der Waals surface area contributed by atoms with E-state index in [4.69, 9.17) is 9.84 Å². The molecule has 1 spiro atoms. The summed E-state index contributed by atoms with van der Waals surface area (Å²) >= 11 is 0. The standard InChI is InChI=1S/C33H27FN2O3/c1-39-28-18-14-22(15-19-28)25-20-29(23-12-16-26(34)17-13-23)33(30(37)21-25)31(24-8-4-2-5-9-24)35-36(32(33)38)27-10-6-3-7-11-27/h2-20,25,30,37H,21H2,1H3/t25-,30-,33+/m0/s1. The van der Waals surface area contributed by atoms with Crippen molar-refractivity contribution in [3.63, 3.8) is 0 Å². The van der Waals surface area contributed by atoms with Crippen molar-refractivity contribution in [1.82, 2.24) is 0 Å². The molecule has 0 unspecified atom stereocenters. The number of rotatable bonds is 5. The summed E-state index contributed by atoms with van der Waals surface area (Å²) in [4.78, 5) is 14.6. The van der Waals surface area contributed by atoms with Crippen molar-refractivity contribution in [1.29, 1.82) is 0 Å². The molecule has 0 aromatic heterocycles. The van der Waals surface area contributed by atoms with Crippen LogP contribution in [0.5, 0.6) is 5.75 Å². The first-order valence-corrected chi connectivity index (χ1v) is 12.9. The number of anilines is 1. The molecule has 4 aromatic carbocycles. The Morgan fingerprint density at radius 1 is 0.872 bits per heavy atom. The second-order valence-electron chi connectivity index (χ2n) is 9.79. The highest BCUT2D eigenvalue weighted by Gasteiger charge is 2.61. The summed E-state index contributed by atoms with van der Waals surface area (Å²) in [6, 6.07) is 32.4. The molecule has 1 aliphatic heterocycles. The zero-order valence-electron chi connectivity index (χ0n) is 21.4. The van der Waals surface area contributed by atoms with Gasteiger partial charge < -0.3 is 9.84 Å². The molecule has 1 N–H and O–H groups in total. The number of para-hydroxylation sites is 1. The number of aliphatic hydroxyl groups is 1. The first-order valence-electron chi connectivity index (χ1n) is 12.9. The van der Waals surface area contributed by atoms with Gasteiger partial charge in [-0.15, -0.1) is 0 Å². The van der Waals surface area contributed by atoms with Crippen LogP contribution < -0.4 is 9.75 Å². The minimum absolute atomic E-state index is 0.188. The van der Waals surface area contributed by atoms with Gasteiger partial charge in [-0.2, -0.15) is 10.1 Å². The molecular formula is C33H27FN2O3. The Hall–Kier alpha value is -4.55. The number of amides is 1. The molecule has 3 atom stereocenters. The maximum absolute atomic E-state index is 14.6. The van der Waals surface area contributed by atoms with E-state index in [9.17, 15) is 14.3 Å². The summed E-state index contributed by atoms with van der Waals surface area (Å²) in [6.45, 7) is 0. The molecule has 6 heteroatoms. The van der Waals surface area contributed by atoms with Gasteiger partial charge in [0.1, 0.15) is 17.0 Å². The average molecular weight is 519 g/mol. The molecule has 0 saturated heterocycles. The van der Waals surface area contributed by atoms with E-state index in [2.05, 4.69) is 0 Å².